The molecule has 1 N–H and O–H groups in total. The van der Waals surface area contributed by atoms with Gasteiger partial charge in [-0.15, -0.1) is 16.9 Å². The molecule has 0 aliphatic rings. The molecule has 0 unspecified atom stereocenters. The van der Waals surface area contributed by atoms with Crippen LogP contribution >= 0.6 is 11.8 Å². The first-order chi connectivity index (χ1) is 16.7. The molecule has 0 fully saturated rings. The summed E-state index contributed by atoms with van der Waals surface area (Å²) in [4.78, 5) is 38.4. The number of carbonyl (C=O) groups excluding carboxylic acids is 1. The molecule has 0 aliphatic carbocycles. The zero-order valence-corrected chi connectivity index (χ0v) is 22.6. The lowest BCUT2D eigenvalue weighted by Crippen LogP contribution is -2.41. The number of thioether (sulfide) groups is 1. The maximum atomic E-state index is 12.8. The quantitative estimate of drug-likeness (QED) is 0.218. The lowest BCUT2D eigenvalue weighted by atomic mass is 10.1. The predicted molar refractivity (Wildman–Crippen MR) is 142 cm³/mol. The fourth-order valence-electron chi connectivity index (χ4n) is 3.71. The first-order valence-corrected chi connectivity index (χ1v) is 13.4. The predicted octanol–water partition coefficient (Wildman–Crippen LogP) is 4.39. The van der Waals surface area contributed by atoms with Crippen molar-refractivity contribution in [2.45, 2.75) is 88.8 Å². The molecule has 0 aliphatic heterocycles. The van der Waals surface area contributed by atoms with Gasteiger partial charge in [0.1, 0.15) is 4.75 Å². The van der Waals surface area contributed by atoms with Crippen LogP contribution in [0.25, 0.3) is 0 Å². The van der Waals surface area contributed by atoms with E-state index in [1.165, 1.54) is 27.4 Å². The molecule has 2 rings (SSSR count). The summed E-state index contributed by atoms with van der Waals surface area (Å²) in [6.07, 6.45) is 6.83. The molecule has 0 spiro atoms. The van der Waals surface area contributed by atoms with Crippen molar-refractivity contribution in [3.8, 4) is 0 Å². The van der Waals surface area contributed by atoms with Crippen LogP contribution in [0.1, 0.15) is 71.8 Å². The third kappa shape index (κ3) is 8.87. The van der Waals surface area contributed by atoms with Crippen LogP contribution in [0.5, 0.6) is 0 Å². The number of ether oxygens (including phenoxy) is 1. The first kappa shape index (κ1) is 28.7. The van der Waals surface area contributed by atoms with Crippen LogP contribution in [0.15, 0.2) is 38.8 Å². The summed E-state index contributed by atoms with van der Waals surface area (Å²) in [6, 6.07) is 8.12. The molecule has 1 aromatic carbocycles. The van der Waals surface area contributed by atoms with Crippen molar-refractivity contribution in [2.75, 3.05) is 18.5 Å². The maximum Gasteiger partial charge on any atom is 0.347 e. The van der Waals surface area contributed by atoms with Gasteiger partial charge in [0, 0.05) is 25.0 Å². The number of hydrogen-bond acceptors (Lipinski definition) is 7. The van der Waals surface area contributed by atoms with Gasteiger partial charge in [-0.3, -0.25) is 14.2 Å². The van der Waals surface area contributed by atoms with E-state index in [4.69, 9.17) is 4.74 Å². The molecule has 2 aromatic rings. The van der Waals surface area contributed by atoms with E-state index >= 15 is 0 Å². The van der Waals surface area contributed by atoms with E-state index in [-0.39, 0.29) is 23.0 Å². The Balaban J connectivity index is 1.94. The topological polar surface area (TPSA) is 95.2 Å². The highest BCUT2D eigenvalue weighted by Crippen LogP contribution is 2.34. The molecule has 0 radical (unpaired) electrons. The SMILES string of the molecule is CCCCCCCn1c(=O)c(NCCCc2cccc(SC(C)(C)C(=O)OCC)c2)nn(C)c1=O. The van der Waals surface area contributed by atoms with Crippen molar-refractivity contribution in [3.05, 3.63) is 50.7 Å². The minimum atomic E-state index is -0.666. The number of hydrogen-bond donors (Lipinski definition) is 1. The van der Waals surface area contributed by atoms with Crippen molar-refractivity contribution in [1.29, 1.82) is 0 Å². The first-order valence-electron chi connectivity index (χ1n) is 12.6. The van der Waals surface area contributed by atoms with E-state index in [2.05, 4.69) is 29.5 Å². The molecular weight excluding hydrogens is 464 g/mol. The van der Waals surface area contributed by atoms with Crippen molar-refractivity contribution >= 4 is 23.5 Å². The minimum absolute atomic E-state index is 0.209. The Labute approximate surface area is 212 Å². The highest BCUT2D eigenvalue weighted by molar-refractivity contribution is 8.01. The van der Waals surface area contributed by atoms with Crippen molar-refractivity contribution in [2.24, 2.45) is 7.05 Å². The number of rotatable bonds is 15. The molecule has 194 valence electrons. The van der Waals surface area contributed by atoms with Crippen molar-refractivity contribution < 1.29 is 9.53 Å². The molecule has 0 saturated heterocycles. The Morgan fingerprint density at radius 2 is 1.86 bits per heavy atom. The molecular formula is C26H40N4O4S. The normalized spacial score (nSPS) is 11.5. The zero-order chi connectivity index (χ0) is 25.8. The van der Waals surface area contributed by atoms with Crippen LogP contribution in [-0.4, -0.2) is 38.2 Å². The lowest BCUT2D eigenvalue weighted by Gasteiger charge is -2.21. The summed E-state index contributed by atoms with van der Waals surface area (Å²) in [7, 11) is 1.57. The molecule has 1 heterocycles. The molecule has 9 heteroatoms. The third-order valence-corrected chi connectivity index (χ3v) is 6.83. The molecule has 1 aromatic heterocycles. The van der Waals surface area contributed by atoms with E-state index in [1.807, 2.05) is 32.9 Å². The van der Waals surface area contributed by atoms with Gasteiger partial charge in [-0.25, -0.2) is 9.48 Å². The standard InChI is InChI=1S/C26H40N4O4S/c1-6-8-9-10-11-18-30-23(31)22(28-29(5)25(30)33)27-17-13-15-20-14-12-16-21(19-20)35-26(3,4)24(32)34-7-2/h12,14,16,19H,6-11,13,15,17-18H2,1-5H3,(H,27,28). The second-order valence-corrected chi connectivity index (χ2v) is 10.8. The van der Waals surface area contributed by atoms with Crippen LogP contribution in [-0.2, 0) is 29.5 Å². The number of nitrogens with zero attached hydrogens (tertiary/aromatic N) is 3. The average Bonchev–Trinajstić information content (AvgIpc) is 2.81. The monoisotopic (exact) mass is 504 g/mol. The average molecular weight is 505 g/mol. The van der Waals surface area contributed by atoms with Gasteiger partial charge in [0.05, 0.1) is 6.61 Å². The van der Waals surface area contributed by atoms with E-state index in [0.717, 1.165) is 49.0 Å². The maximum absolute atomic E-state index is 12.8. The molecule has 35 heavy (non-hydrogen) atoms. The Bertz CT molecular complexity index is 1080. The Morgan fingerprint density at radius 1 is 1.11 bits per heavy atom. The molecule has 0 amide bonds. The van der Waals surface area contributed by atoms with Crippen LogP contribution in [0, 0.1) is 0 Å². The van der Waals surface area contributed by atoms with E-state index in [9.17, 15) is 14.4 Å². The number of esters is 1. The lowest BCUT2D eigenvalue weighted by molar-refractivity contribution is -0.145. The Morgan fingerprint density at radius 3 is 2.57 bits per heavy atom. The van der Waals surface area contributed by atoms with E-state index in [1.54, 1.807) is 7.05 Å². The van der Waals surface area contributed by atoms with Gasteiger partial charge < -0.3 is 10.1 Å². The van der Waals surface area contributed by atoms with Crippen LogP contribution in [0.3, 0.4) is 0 Å². The molecule has 0 bridgehead atoms. The summed E-state index contributed by atoms with van der Waals surface area (Å²) in [5.41, 5.74) is 0.411. The van der Waals surface area contributed by atoms with Gasteiger partial charge in [-0.2, -0.15) is 0 Å². The van der Waals surface area contributed by atoms with Gasteiger partial charge >= 0.3 is 11.7 Å². The van der Waals surface area contributed by atoms with Crippen LogP contribution in [0.4, 0.5) is 5.82 Å². The number of nitrogens with one attached hydrogen (secondary N) is 1. The second-order valence-electron chi connectivity index (χ2n) is 9.14. The summed E-state index contributed by atoms with van der Waals surface area (Å²) < 4.78 is 7.02. The molecule has 0 atom stereocenters. The summed E-state index contributed by atoms with van der Waals surface area (Å²) in [6.45, 7) is 9.03. The molecule has 8 nitrogen and oxygen atoms in total. The number of carbonyl (C=O) groups is 1. The fourth-order valence-corrected chi connectivity index (χ4v) is 4.80. The number of aryl methyl sites for hydroxylation is 2. The van der Waals surface area contributed by atoms with E-state index in [0.29, 0.717) is 19.7 Å². The number of benzene rings is 1. The van der Waals surface area contributed by atoms with Gasteiger partial charge in [-0.1, -0.05) is 44.7 Å². The zero-order valence-electron chi connectivity index (χ0n) is 21.8. The second kappa shape index (κ2) is 14.1. The number of aromatic nitrogens is 3. The fraction of sp³-hybridized carbons (Fsp3) is 0.615. The highest BCUT2D eigenvalue weighted by Gasteiger charge is 2.30. The Kier molecular flexibility index (Phi) is 11.6. The van der Waals surface area contributed by atoms with Gasteiger partial charge in [0.15, 0.2) is 0 Å². The Hall–Kier alpha value is -2.55. The van der Waals surface area contributed by atoms with Gasteiger partial charge in [-0.05, 0) is 57.7 Å². The minimum Gasteiger partial charge on any atom is -0.465 e. The van der Waals surface area contributed by atoms with Crippen molar-refractivity contribution in [3.63, 3.8) is 0 Å². The largest absolute Gasteiger partial charge is 0.465 e. The van der Waals surface area contributed by atoms with Crippen LogP contribution in [0.2, 0.25) is 0 Å². The van der Waals surface area contributed by atoms with Crippen LogP contribution < -0.4 is 16.6 Å². The number of unbranched alkanes of at least 4 members (excludes halogenated alkanes) is 4. The number of anilines is 1. The summed E-state index contributed by atoms with van der Waals surface area (Å²) >= 11 is 1.48. The third-order valence-electron chi connectivity index (χ3n) is 5.66. The van der Waals surface area contributed by atoms with E-state index < -0.39 is 4.75 Å². The smallest absolute Gasteiger partial charge is 0.347 e. The van der Waals surface area contributed by atoms with Gasteiger partial charge in [0.25, 0.3) is 5.56 Å². The van der Waals surface area contributed by atoms with Gasteiger partial charge in [0.2, 0.25) is 5.82 Å². The summed E-state index contributed by atoms with van der Waals surface area (Å²) in [5.74, 6) is -0.0165. The highest BCUT2D eigenvalue weighted by atomic mass is 32.2. The molecule has 0 saturated carbocycles. The van der Waals surface area contributed by atoms with Crippen molar-refractivity contribution in [1.82, 2.24) is 14.3 Å². The summed E-state index contributed by atoms with van der Waals surface area (Å²) in [5, 5.41) is 7.25.